The molecule has 32 heavy (non-hydrogen) atoms. The summed E-state index contributed by atoms with van der Waals surface area (Å²) in [6.07, 6.45) is 4.39. The number of nitrogens with one attached hydrogen (secondary N) is 1. The van der Waals surface area contributed by atoms with Crippen LogP contribution in [0.3, 0.4) is 0 Å². The van der Waals surface area contributed by atoms with Crippen molar-refractivity contribution >= 4 is 51.2 Å². The average Bonchev–Trinajstić information content (AvgIpc) is 3.14. The van der Waals surface area contributed by atoms with Crippen molar-refractivity contribution in [3.63, 3.8) is 0 Å². The Morgan fingerprint density at radius 1 is 1.25 bits per heavy atom. The largest absolute Gasteiger partial charge is 0.355 e. The molecule has 164 valence electrons. The molecule has 1 aliphatic carbocycles. The van der Waals surface area contributed by atoms with E-state index >= 15 is 0 Å². The standard InChI is InChI=1S/C22H23ClN8S/c1-2-14-18(23)17-19(28-14)29-21(32-11-6-16-15(27-7-11)4-3-5-26-16)30-20(17)31-8-12-13(9-31)22(12,25)10-24/h3-7,12-13H,2,8-10,24-25H2,1H3,(H,28,29,30). The Kier molecular flexibility index (Phi) is 4.59. The summed E-state index contributed by atoms with van der Waals surface area (Å²) in [6, 6.07) is 5.84. The Balaban J connectivity index is 1.40. The van der Waals surface area contributed by atoms with E-state index in [4.69, 9.17) is 33.0 Å². The van der Waals surface area contributed by atoms with Gasteiger partial charge in [0.2, 0.25) is 0 Å². The van der Waals surface area contributed by atoms with Gasteiger partial charge >= 0.3 is 0 Å². The lowest BCUT2D eigenvalue weighted by Crippen LogP contribution is -2.43. The maximum atomic E-state index is 6.74. The van der Waals surface area contributed by atoms with Gasteiger partial charge in [-0.25, -0.2) is 9.97 Å². The third kappa shape index (κ3) is 2.99. The van der Waals surface area contributed by atoms with E-state index in [1.807, 2.05) is 24.4 Å². The van der Waals surface area contributed by atoms with Crippen LogP contribution in [-0.2, 0) is 6.42 Å². The van der Waals surface area contributed by atoms with E-state index in [0.29, 0.717) is 28.6 Å². The van der Waals surface area contributed by atoms with Gasteiger partial charge in [0.1, 0.15) is 11.5 Å². The molecule has 2 unspecified atom stereocenters. The molecule has 1 saturated carbocycles. The lowest BCUT2D eigenvalue weighted by Gasteiger charge is -2.25. The monoisotopic (exact) mass is 466 g/mol. The van der Waals surface area contributed by atoms with E-state index in [1.165, 1.54) is 11.8 Å². The molecule has 1 saturated heterocycles. The van der Waals surface area contributed by atoms with Crippen LogP contribution < -0.4 is 16.4 Å². The summed E-state index contributed by atoms with van der Waals surface area (Å²) < 4.78 is 0. The molecule has 4 aromatic rings. The number of H-pyrrole nitrogens is 1. The Labute approximate surface area is 194 Å². The van der Waals surface area contributed by atoms with Crippen LogP contribution in [-0.4, -0.2) is 50.1 Å². The molecule has 0 aromatic carbocycles. The molecule has 5 heterocycles. The van der Waals surface area contributed by atoms with Crippen molar-refractivity contribution in [1.82, 2.24) is 24.9 Å². The summed E-state index contributed by atoms with van der Waals surface area (Å²) in [4.78, 5) is 25.2. The molecular formula is C22H23ClN8S. The normalized spacial score (nSPS) is 24.4. The number of aromatic amines is 1. The summed E-state index contributed by atoms with van der Waals surface area (Å²) in [7, 11) is 0. The summed E-state index contributed by atoms with van der Waals surface area (Å²) in [5, 5.41) is 2.22. The van der Waals surface area contributed by atoms with Crippen LogP contribution >= 0.6 is 23.4 Å². The Morgan fingerprint density at radius 3 is 2.81 bits per heavy atom. The first-order chi connectivity index (χ1) is 15.5. The zero-order chi connectivity index (χ0) is 22.0. The molecule has 2 fully saturated rings. The van der Waals surface area contributed by atoms with E-state index in [-0.39, 0.29) is 5.54 Å². The van der Waals surface area contributed by atoms with Crippen LogP contribution in [0.15, 0.2) is 40.6 Å². The van der Waals surface area contributed by atoms with Crippen LogP contribution in [0.4, 0.5) is 5.82 Å². The predicted octanol–water partition coefficient (Wildman–Crippen LogP) is 2.99. The first-order valence-corrected chi connectivity index (χ1v) is 11.9. The highest BCUT2D eigenvalue weighted by Gasteiger charge is 2.65. The Bertz CT molecular complexity index is 1340. The summed E-state index contributed by atoms with van der Waals surface area (Å²) in [5.41, 5.74) is 15.6. The van der Waals surface area contributed by atoms with Crippen LogP contribution in [0.2, 0.25) is 5.02 Å². The van der Waals surface area contributed by atoms with Gasteiger partial charge in [0, 0.05) is 60.0 Å². The minimum Gasteiger partial charge on any atom is -0.355 e. The lowest BCUT2D eigenvalue weighted by molar-refractivity contribution is 0.547. The number of aromatic nitrogens is 5. The first-order valence-electron chi connectivity index (χ1n) is 10.7. The van der Waals surface area contributed by atoms with Crippen molar-refractivity contribution in [2.24, 2.45) is 23.3 Å². The van der Waals surface area contributed by atoms with Gasteiger partial charge < -0.3 is 21.4 Å². The average molecular weight is 467 g/mol. The molecule has 2 atom stereocenters. The van der Waals surface area contributed by atoms with Gasteiger partial charge in [-0.3, -0.25) is 9.97 Å². The number of pyridine rings is 2. The minimum atomic E-state index is -0.236. The number of nitrogens with two attached hydrogens (primary N) is 2. The quantitative estimate of drug-likeness (QED) is 0.383. The van der Waals surface area contributed by atoms with Crippen molar-refractivity contribution in [3.8, 4) is 0 Å². The maximum Gasteiger partial charge on any atom is 0.196 e. The Hall–Kier alpha value is -2.46. The number of piperidine rings is 1. The molecule has 0 spiro atoms. The fourth-order valence-electron chi connectivity index (χ4n) is 4.93. The van der Waals surface area contributed by atoms with E-state index < -0.39 is 0 Å². The van der Waals surface area contributed by atoms with Crippen LogP contribution in [0.25, 0.3) is 22.1 Å². The number of fused-ring (bicyclic) bond motifs is 3. The Morgan fingerprint density at radius 2 is 2.06 bits per heavy atom. The second-order valence-electron chi connectivity index (χ2n) is 8.57. The third-order valence-corrected chi connectivity index (χ3v) is 8.10. The highest BCUT2D eigenvalue weighted by atomic mass is 35.5. The second-order valence-corrected chi connectivity index (χ2v) is 9.99. The summed E-state index contributed by atoms with van der Waals surface area (Å²) in [5.74, 6) is 1.65. The van der Waals surface area contributed by atoms with Crippen LogP contribution in [0.5, 0.6) is 0 Å². The van der Waals surface area contributed by atoms with E-state index in [0.717, 1.165) is 58.0 Å². The molecule has 0 bridgehead atoms. The molecule has 10 heteroatoms. The van der Waals surface area contributed by atoms with Crippen LogP contribution in [0.1, 0.15) is 12.6 Å². The molecule has 4 aromatic heterocycles. The van der Waals surface area contributed by atoms with Crippen LogP contribution in [0, 0.1) is 11.8 Å². The van der Waals surface area contributed by atoms with Gasteiger partial charge in [-0.2, -0.15) is 0 Å². The highest BCUT2D eigenvalue weighted by Crippen LogP contribution is 2.54. The minimum absolute atomic E-state index is 0.236. The SMILES string of the molecule is CCc1[nH]c2nc(Sc3cnc4cccnc4c3)nc(N3CC4C(C3)C4(N)CN)c2c1Cl. The third-order valence-electron chi connectivity index (χ3n) is 6.86. The van der Waals surface area contributed by atoms with Gasteiger partial charge in [0.05, 0.1) is 21.4 Å². The van der Waals surface area contributed by atoms with Crippen molar-refractivity contribution in [1.29, 1.82) is 0 Å². The highest BCUT2D eigenvalue weighted by molar-refractivity contribution is 7.99. The zero-order valence-corrected chi connectivity index (χ0v) is 19.1. The predicted molar refractivity (Wildman–Crippen MR) is 127 cm³/mol. The smallest absolute Gasteiger partial charge is 0.196 e. The van der Waals surface area contributed by atoms with E-state index in [1.54, 1.807) is 6.20 Å². The van der Waals surface area contributed by atoms with Gasteiger partial charge in [0.15, 0.2) is 5.16 Å². The van der Waals surface area contributed by atoms with Gasteiger partial charge in [-0.15, -0.1) is 0 Å². The van der Waals surface area contributed by atoms with Gasteiger partial charge in [-0.1, -0.05) is 18.5 Å². The maximum absolute atomic E-state index is 6.74. The molecular weight excluding hydrogens is 444 g/mol. The number of hydrogen-bond acceptors (Lipinski definition) is 8. The van der Waals surface area contributed by atoms with Crippen molar-refractivity contribution in [2.45, 2.75) is 28.9 Å². The molecule has 5 N–H and O–H groups in total. The number of aryl methyl sites for hydroxylation is 1. The molecule has 2 aliphatic rings. The molecule has 1 aliphatic heterocycles. The zero-order valence-electron chi connectivity index (χ0n) is 17.5. The molecule has 0 amide bonds. The number of hydrogen-bond donors (Lipinski definition) is 3. The molecule has 8 nitrogen and oxygen atoms in total. The van der Waals surface area contributed by atoms with Crippen molar-refractivity contribution in [2.75, 3.05) is 24.5 Å². The fourth-order valence-corrected chi connectivity index (χ4v) is 6.04. The number of rotatable bonds is 5. The number of nitrogens with zero attached hydrogens (tertiary/aromatic N) is 5. The summed E-state index contributed by atoms with van der Waals surface area (Å²) >= 11 is 8.21. The number of halogens is 1. The van der Waals surface area contributed by atoms with E-state index in [2.05, 4.69) is 26.8 Å². The number of anilines is 1. The van der Waals surface area contributed by atoms with E-state index in [9.17, 15) is 0 Å². The molecule has 0 radical (unpaired) electrons. The molecule has 6 rings (SSSR count). The first kappa shape index (κ1) is 20.2. The van der Waals surface area contributed by atoms with Crippen molar-refractivity contribution < 1.29 is 0 Å². The summed E-state index contributed by atoms with van der Waals surface area (Å²) in [6.45, 7) is 4.25. The topological polar surface area (TPSA) is 123 Å². The van der Waals surface area contributed by atoms with Gasteiger partial charge in [0.25, 0.3) is 0 Å². The van der Waals surface area contributed by atoms with Crippen molar-refractivity contribution in [3.05, 3.63) is 41.3 Å². The lowest BCUT2D eigenvalue weighted by atomic mass is 10.1. The fraction of sp³-hybridized carbons (Fsp3) is 0.364. The van der Waals surface area contributed by atoms with Gasteiger partial charge in [-0.05, 0) is 36.4 Å². The second kappa shape index (κ2) is 7.28.